The molecule has 13 heteroatoms. The van der Waals surface area contributed by atoms with Gasteiger partial charge < -0.3 is 33.7 Å². The molecule has 3 aromatic heterocycles. The van der Waals surface area contributed by atoms with Gasteiger partial charge in [0.15, 0.2) is 11.6 Å². The normalized spacial score (nSPS) is 17.4. The standard InChI is InChI=1S/C32H37FN6O5.C4H10O/c1-18-21-5-4-12-43-29(21)25(33)15-22(18)28-23(17-27(40)41)19(2)34-30-24(28)16-26(37(30)3)31-35-32(36-44-31)39-10-8-38(9-11-39)20-6-13-42-14-7-20;1-4(2,3)5/h15-16,20H,4-14,17H2,1-3H3,(H,40,41);5H,1-3H3. The van der Waals surface area contributed by atoms with Crippen LogP contribution in [0.3, 0.4) is 0 Å². The number of hydrogen-bond acceptors (Lipinski definition) is 10. The van der Waals surface area contributed by atoms with Gasteiger partial charge in [0.2, 0.25) is 0 Å². The van der Waals surface area contributed by atoms with E-state index in [0.29, 0.717) is 75.8 Å². The summed E-state index contributed by atoms with van der Waals surface area (Å²) in [4.78, 5) is 26.3. The molecule has 12 nitrogen and oxygen atoms in total. The van der Waals surface area contributed by atoms with Crippen molar-refractivity contribution in [3.05, 3.63) is 40.3 Å². The number of piperazine rings is 1. The average Bonchev–Trinajstić information content (AvgIpc) is 3.68. The minimum atomic E-state index is -0.982. The van der Waals surface area contributed by atoms with Gasteiger partial charge in [0.25, 0.3) is 11.8 Å². The number of halogens is 1. The van der Waals surface area contributed by atoms with E-state index in [-0.39, 0.29) is 6.42 Å². The van der Waals surface area contributed by atoms with Crippen molar-refractivity contribution in [2.45, 2.75) is 78.4 Å². The lowest BCUT2D eigenvalue weighted by molar-refractivity contribution is -0.136. The summed E-state index contributed by atoms with van der Waals surface area (Å²) in [5.41, 5.74) is 4.91. The van der Waals surface area contributed by atoms with E-state index >= 15 is 4.39 Å². The Morgan fingerprint density at radius 2 is 1.76 bits per heavy atom. The number of fused-ring (bicyclic) bond motifs is 2. The van der Waals surface area contributed by atoms with E-state index in [4.69, 9.17) is 29.1 Å². The maximum Gasteiger partial charge on any atom is 0.307 e. The number of ether oxygens (including phenoxy) is 2. The Kier molecular flexibility index (Phi) is 9.97. The Morgan fingerprint density at radius 3 is 2.43 bits per heavy atom. The molecular formula is C36H47FN6O6. The number of nitrogens with zero attached hydrogens (tertiary/aromatic N) is 6. The number of aliphatic carboxylic acids is 1. The molecule has 2 N–H and O–H groups in total. The summed E-state index contributed by atoms with van der Waals surface area (Å²) in [6, 6.07) is 3.94. The number of aryl methyl sites for hydroxylation is 2. The molecule has 0 spiro atoms. The number of rotatable bonds is 6. The number of aliphatic hydroxyl groups is 1. The van der Waals surface area contributed by atoms with E-state index in [9.17, 15) is 9.90 Å². The molecule has 0 radical (unpaired) electrons. The maximum absolute atomic E-state index is 15.4. The average molecular weight is 679 g/mol. The van der Waals surface area contributed by atoms with Gasteiger partial charge in [-0.05, 0) is 99.8 Å². The predicted molar refractivity (Wildman–Crippen MR) is 184 cm³/mol. The molecule has 0 unspecified atom stereocenters. The van der Waals surface area contributed by atoms with E-state index in [1.807, 2.05) is 24.6 Å². The van der Waals surface area contributed by atoms with Gasteiger partial charge in [-0.1, -0.05) is 0 Å². The fourth-order valence-corrected chi connectivity index (χ4v) is 7.07. The number of carboxylic acids is 1. The van der Waals surface area contributed by atoms with Crippen LogP contribution in [0.15, 0.2) is 16.7 Å². The molecule has 0 atom stereocenters. The van der Waals surface area contributed by atoms with Crippen LogP contribution in [0.5, 0.6) is 5.75 Å². The summed E-state index contributed by atoms with van der Waals surface area (Å²) in [6.45, 7) is 14.6. The van der Waals surface area contributed by atoms with Crippen molar-refractivity contribution in [3.8, 4) is 28.5 Å². The zero-order valence-corrected chi connectivity index (χ0v) is 29.3. The first kappa shape index (κ1) is 34.8. The van der Waals surface area contributed by atoms with Gasteiger partial charge in [0.05, 0.1) is 18.6 Å². The molecule has 1 aromatic carbocycles. The van der Waals surface area contributed by atoms with Gasteiger partial charge in [-0.15, -0.1) is 0 Å². The number of aromatic nitrogens is 4. The summed E-state index contributed by atoms with van der Waals surface area (Å²) in [7, 11) is 1.87. The third kappa shape index (κ3) is 7.43. The second-order valence-electron chi connectivity index (χ2n) is 14.2. The number of carboxylic acid groups (broad SMARTS) is 1. The molecule has 3 aliphatic heterocycles. The number of benzene rings is 1. The first-order chi connectivity index (χ1) is 23.3. The zero-order valence-electron chi connectivity index (χ0n) is 29.3. The summed E-state index contributed by atoms with van der Waals surface area (Å²) < 4.78 is 34.3. The second kappa shape index (κ2) is 14.0. The van der Waals surface area contributed by atoms with Crippen molar-refractivity contribution in [3.63, 3.8) is 0 Å². The molecule has 264 valence electrons. The molecule has 7 rings (SSSR count). The van der Waals surface area contributed by atoms with Crippen LogP contribution in [0.25, 0.3) is 33.7 Å². The molecule has 0 bridgehead atoms. The minimum absolute atomic E-state index is 0.243. The van der Waals surface area contributed by atoms with Gasteiger partial charge in [0, 0.05) is 69.1 Å². The highest BCUT2D eigenvalue weighted by Crippen LogP contribution is 2.43. The number of carbonyl (C=O) groups is 1. The van der Waals surface area contributed by atoms with Crippen molar-refractivity contribution in [2.75, 3.05) is 50.9 Å². The topological polar surface area (TPSA) is 139 Å². The molecule has 6 heterocycles. The van der Waals surface area contributed by atoms with Crippen LogP contribution >= 0.6 is 0 Å². The van der Waals surface area contributed by atoms with Crippen LogP contribution in [0.1, 0.15) is 62.4 Å². The molecule has 4 aromatic rings. The van der Waals surface area contributed by atoms with Crippen molar-refractivity contribution >= 4 is 23.0 Å². The highest BCUT2D eigenvalue weighted by molar-refractivity contribution is 6.00. The number of anilines is 1. The first-order valence-electron chi connectivity index (χ1n) is 17.1. The molecule has 2 saturated heterocycles. The van der Waals surface area contributed by atoms with Crippen LogP contribution in [0.4, 0.5) is 10.3 Å². The third-order valence-electron chi connectivity index (χ3n) is 9.45. The molecule has 49 heavy (non-hydrogen) atoms. The van der Waals surface area contributed by atoms with E-state index < -0.39 is 17.4 Å². The van der Waals surface area contributed by atoms with Crippen LogP contribution in [0.2, 0.25) is 0 Å². The minimum Gasteiger partial charge on any atom is -0.490 e. The second-order valence-corrected chi connectivity index (χ2v) is 14.2. The van der Waals surface area contributed by atoms with Crippen molar-refractivity contribution in [2.24, 2.45) is 7.05 Å². The highest BCUT2D eigenvalue weighted by Gasteiger charge is 2.30. The lowest BCUT2D eigenvalue weighted by atomic mass is 9.87. The molecule has 2 fully saturated rings. The van der Waals surface area contributed by atoms with Gasteiger partial charge in [0.1, 0.15) is 11.3 Å². The monoisotopic (exact) mass is 678 g/mol. The molecule has 0 saturated carbocycles. The number of pyridine rings is 1. The fourth-order valence-electron chi connectivity index (χ4n) is 7.07. The smallest absolute Gasteiger partial charge is 0.307 e. The molecule has 0 aliphatic carbocycles. The Labute approximate surface area is 285 Å². The quantitative estimate of drug-likeness (QED) is 0.282. The SMILES string of the molecule is CC(C)(C)O.Cc1nc2c(cc(-c3nc(N4CCN(C5CCOCC5)CC4)no3)n2C)c(-c2cc(F)c3c(c2C)CCCO3)c1CC(=O)O. The van der Waals surface area contributed by atoms with Crippen LogP contribution in [0, 0.1) is 19.7 Å². The van der Waals surface area contributed by atoms with E-state index in [1.165, 1.54) is 6.07 Å². The largest absolute Gasteiger partial charge is 0.490 e. The fraction of sp³-hybridized carbons (Fsp3) is 0.556. The lowest BCUT2D eigenvalue weighted by Crippen LogP contribution is -2.51. The van der Waals surface area contributed by atoms with Gasteiger partial charge >= 0.3 is 5.97 Å². The van der Waals surface area contributed by atoms with E-state index in [2.05, 4.69) is 15.0 Å². The van der Waals surface area contributed by atoms with Crippen LogP contribution < -0.4 is 9.64 Å². The van der Waals surface area contributed by atoms with Crippen molar-refractivity contribution in [1.29, 1.82) is 0 Å². The molecular weight excluding hydrogens is 631 g/mol. The molecule has 0 amide bonds. The van der Waals surface area contributed by atoms with Crippen LogP contribution in [-0.4, -0.2) is 98.4 Å². The third-order valence-corrected chi connectivity index (χ3v) is 9.45. The van der Waals surface area contributed by atoms with Crippen molar-refractivity contribution in [1.82, 2.24) is 24.6 Å². The van der Waals surface area contributed by atoms with Gasteiger partial charge in [-0.3, -0.25) is 9.69 Å². The summed E-state index contributed by atoms with van der Waals surface area (Å²) in [5, 5.41) is 23.4. The van der Waals surface area contributed by atoms with Gasteiger partial charge in [-0.25, -0.2) is 9.37 Å². The van der Waals surface area contributed by atoms with E-state index in [1.54, 1.807) is 27.7 Å². The molecule has 3 aliphatic rings. The van der Waals surface area contributed by atoms with Crippen LogP contribution in [-0.2, 0) is 29.4 Å². The van der Waals surface area contributed by atoms with Gasteiger partial charge in [-0.2, -0.15) is 4.98 Å². The van der Waals surface area contributed by atoms with Crippen molar-refractivity contribution < 1.29 is 33.4 Å². The highest BCUT2D eigenvalue weighted by atomic mass is 19.1. The predicted octanol–water partition coefficient (Wildman–Crippen LogP) is 5.08. The summed E-state index contributed by atoms with van der Waals surface area (Å²) >= 11 is 0. The Morgan fingerprint density at radius 1 is 1.06 bits per heavy atom. The summed E-state index contributed by atoms with van der Waals surface area (Å²) in [5.74, 6) is -0.249. The zero-order chi connectivity index (χ0) is 35.0. The Bertz CT molecular complexity index is 1830. The Hall–Kier alpha value is -4.07. The lowest BCUT2D eigenvalue weighted by Gasteiger charge is -2.40. The number of hydrogen-bond donors (Lipinski definition) is 2. The maximum atomic E-state index is 15.4. The first-order valence-corrected chi connectivity index (χ1v) is 17.1. The summed E-state index contributed by atoms with van der Waals surface area (Å²) in [6.07, 6.45) is 3.39. The Balaban J connectivity index is 0.000000778. The van der Waals surface area contributed by atoms with E-state index in [0.717, 1.165) is 69.8 Å².